The summed E-state index contributed by atoms with van der Waals surface area (Å²) in [5, 5.41) is 16.6. The molecule has 14 heteroatoms. The van der Waals surface area contributed by atoms with Gasteiger partial charge in [0.15, 0.2) is 0 Å². The minimum Gasteiger partial charge on any atom is -0.481 e. The van der Waals surface area contributed by atoms with Crippen LogP contribution in [0.2, 0.25) is 0 Å². The Kier molecular flexibility index (Phi) is 15.4. The van der Waals surface area contributed by atoms with E-state index in [0.29, 0.717) is 65.9 Å². The van der Waals surface area contributed by atoms with Crippen LogP contribution in [0.3, 0.4) is 0 Å². The van der Waals surface area contributed by atoms with E-state index in [-0.39, 0.29) is 43.3 Å². The van der Waals surface area contributed by atoms with Crippen LogP contribution in [-0.2, 0) is 33.3 Å². The summed E-state index contributed by atoms with van der Waals surface area (Å²) in [6, 6.07) is 2.97. The van der Waals surface area contributed by atoms with Crippen molar-refractivity contribution in [3.05, 3.63) is 30.1 Å². The molecule has 2 heterocycles. The van der Waals surface area contributed by atoms with Gasteiger partial charge in [-0.3, -0.25) is 19.4 Å². The number of hydrogen-bond donors (Lipinski definition) is 4. The smallest absolute Gasteiger partial charge is 0.314 e. The highest BCUT2D eigenvalue weighted by molar-refractivity contribution is 5.90. The van der Waals surface area contributed by atoms with E-state index in [1.807, 2.05) is 6.07 Å². The van der Waals surface area contributed by atoms with Gasteiger partial charge in [-0.25, -0.2) is 4.79 Å². The molecule has 0 aromatic carbocycles. The van der Waals surface area contributed by atoms with Gasteiger partial charge in [0.2, 0.25) is 11.8 Å². The maximum Gasteiger partial charge on any atom is 0.314 e. The molecule has 0 bridgehead atoms. The first-order chi connectivity index (χ1) is 18.9. The monoisotopic (exact) mass is 553 g/mol. The van der Waals surface area contributed by atoms with Crippen molar-refractivity contribution in [2.24, 2.45) is 5.92 Å². The van der Waals surface area contributed by atoms with Gasteiger partial charge < -0.3 is 44.9 Å². The Labute approximate surface area is 227 Å². The third-order valence-corrected chi connectivity index (χ3v) is 5.76. The third kappa shape index (κ3) is 12.8. The Morgan fingerprint density at radius 3 is 2.03 bits per heavy atom. The second-order valence-electron chi connectivity index (χ2n) is 8.61. The molecule has 1 aliphatic heterocycles. The van der Waals surface area contributed by atoms with Gasteiger partial charge in [-0.05, 0) is 11.6 Å². The molecule has 1 aromatic rings. The number of rotatable bonds is 20. The Hall–Kier alpha value is -3.33. The Balaban J connectivity index is 1.41. The number of amides is 4. The number of likely N-dealkylation sites (tertiary alicyclic amines) is 1. The van der Waals surface area contributed by atoms with Crippen LogP contribution in [0, 0.1) is 5.92 Å². The zero-order valence-electron chi connectivity index (χ0n) is 22.3. The number of carbonyl (C=O) groups excluding carboxylic acids is 3. The molecule has 4 amide bonds. The summed E-state index contributed by atoms with van der Waals surface area (Å²) in [7, 11) is 1.70. The molecule has 2 rings (SSSR count). The summed E-state index contributed by atoms with van der Waals surface area (Å²) in [5.41, 5.74) is 0.828. The van der Waals surface area contributed by atoms with Crippen molar-refractivity contribution in [3.63, 3.8) is 0 Å². The quantitative estimate of drug-likeness (QED) is 0.155. The second-order valence-corrected chi connectivity index (χ2v) is 8.61. The summed E-state index contributed by atoms with van der Waals surface area (Å²) in [4.78, 5) is 52.6. The Morgan fingerprint density at radius 1 is 0.923 bits per heavy atom. The van der Waals surface area contributed by atoms with Crippen molar-refractivity contribution in [2.45, 2.75) is 18.9 Å². The predicted molar refractivity (Wildman–Crippen MR) is 138 cm³/mol. The number of aliphatic carboxylic acids is 1. The first-order valence-corrected chi connectivity index (χ1v) is 12.9. The van der Waals surface area contributed by atoms with Gasteiger partial charge in [-0.2, -0.15) is 0 Å². The average Bonchev–Trinajstić information content (AvgIpc) is 3.22. The van der Waals surface area contributed by atoms with Gasteiger partial charge in [0, 0.05) is 45.5 Å². The molecule has 218 valence electrons. The van der Waals surface area contributed by atoms with Gasteiger partial charge in [-0.1, -0.05) is 6.07 Å². The largest absolute Gasteiger partial charge is 0.481 e. The SMILES string of the molecule is CN1C(=O)C[C@H](C(=O)NCCOCCOCCNC(=O)NCCOCCOCCC(=O)O)[C@H]1c1cccnc1. The predicted octanol–water partition coefficient (Wildman–Crippen LogP) is -0.442. The number of nitrogens with zero attached hydrogens (tertiary/aromatic N) is 2. The fourth-order valence-corrected chi connectivity index (χ4v) is 3.83. The van der Waals surface area contributed by atoms with E-state index in [0.717, 1.165) is 5.56 Å². The molecule has 39 heavy (non-hydrogen) atoms. The Bertz CT molecular complexity index is 890. The number of carboxylic acids is 1. The first kappa shape index (κ1) is 31.9. The van der Waals surface area contributed by atoms with E-state index in [1.165, 1.54) is 0 Å². The molecule has 1 aliphatic rings. The van der Waals surface area contributed by atoms with Crippen LogP contribution >= 0.6 is 0 Å². The molecule has 1 aromatic heterocycles. The molecule has 0 aliphatic carbocycles. The normalized spacial score (nSPS) is 16.7. The molecular formula is C25H39N5O9. The van der Waals surface area contributed by atoms with Crippen LogP contribution < -0.4 is 16.0 Å². The summed E-state index contributed by atoms with van der Waals surface area (Å²) in [6.07, 6.45) is 3.44. The number of carboxylic acid groups (broad SMARTS) is 1. The van der Waals surface area contributed by atoms with Crippen molar-refractivity contribution in [3.8, 4) is 0 Å². The van der Waals surface area contributed by atoms with Crippen LogP contribution in [0.15, 0.2) is 24.5 Å². The number of hydrogen-bond acceptors (Lipinski definition) is 9. The van der Waals surface area contributed by atoms with E-state index in [1.54, 1.807) is 30.4 Å². The average molecular weight is 554 g/mol. The molecule has 14 nitrogen and oxygen atoms in total. The minimum absolute atomic E-state index is 0.0453. The summed E-state index contributed by atoms with van der Waals surface area (Å²) < 4.78 is 21.2. The molecule has 1 fully saturated rings. The highest BCUT2D eigenvalue weighted by Gasteiger charge is 2.42. The molecule has 0 saturated carbocycles. The summed E-state index contributed by atoms with van der Waals surface area (Å²) in [5.74, 6) is -1.66. The maximum atomic E-state index is 12.7. The van der Waals surface area contributed by atoms with Gasteiger partial charge in [-0.15, -0.1) is 0 Å². The molecule has 1 saturated heterocycles. The lowest BCUT2D eigenvalue weighted by Gasteiger charge is -2.24. The van der Waals surface area contributed by atoms with Crippen LogP contribution in [0.1, 0.15) is 24.4 Å². The number of nitrogens with one attached hydrogen (secondary N) is 3. The number of urea groups is 1. The fourth-order valence-electron chi connectivity index (χ4n) is 3.83. The minimum atomic E-state index is -0.910. The van der Waals surface area contributed by atoms with Crippen molar-refractivity contribution < 1.29 is 43.2 Å². The molecule has 0 radical (unpaired) electrons. The van der Waals surface area contributed by atoms with Crippen LogP contribution in [0.4, 0.5) is 4.79 Å². The van der Waals surface area contributed by atoms with E-state index >= 15 is 0 Å². The molecule has 4 N–H and O–H groups in total. The van der Waals surface area contributed by atoms with Crippen molar-refractivity contribution in [1.82, 2.24) is 25.8 Å². The zero-order chi connectivity index (χ0) is 28.3. The first-order valence-electron chi connectivity index (χ1n) is 12.9. The number of aromatic nitrogens is 1. The molecule has 2 atom stereocenters. The van der Waals surface area contributed by atoms with E-state index in [2.05, 4.69) is 20.9 Å². The lowest BCUT2D eigenvalue weighted by Crippen LogP contribution is -2.39. The van der Waals surface area contributed by atoms with Gasteiger partial charge in [0.25, 0.3) is 0 Å². The third-order valence-electron chi connectivity index (χ3n) is 5.76. The number of carbonyl (C=O) groups is 4. The van der Waals surface area contributed by atoms with Crippen molar-refractivity contribution >= 4 is 23.8 Å². The van der Waals surface area contributed by atoms with Crippen molar-refractivity contribution in [2.75, 3.05) is 79.5 Å². The van der Waals surface area contributed by atoms with Crippen LogP contribution in [0.5, 0.6) is 0 Å². The summed E-state index contributed by atoms with van der Waals surface area (Å²) in [6.45, 7) is 3.32. The van der Waals surface area contributed by atoms with E-state index in [9.17, 15) is 19.2 Å². The van der Waals surface area contributed by atoms with Gasteiger partial charge >= 0.3 is 12.0 Å². The highest BCUT2D eigenvalue weighted by Crippen LogP contribution is 2.36. The van der Waals surface area contributed by atoms with E-state index < -0.39 is 11.9 Å². The van der Waals surface area contributed by atoms with Gasteiger partial charge in [0.05, 0.1) is 71.2 Å². The lowest BCUT2D eigenvalue weighted by molar-refractivity contribution is -0.138. The molecule has 0 spiro atoms. The summed E-state index contributed by atoms with van der Waals surface area (Å²) >= 11 is 0. The Morgan fingerprint density at radius 2 is 1.49 bits per heavy atom. The standard InChI is InChI=1S/C25H39N5O9/c1-30-21(31)17-20(23(30)19-3-2-5-26-18-19)24(34)27-6-10-37-15-16-39-12-8-29-25(35)28-7-11-38-14-13-36-9-4-22(32)33/h2-3,5,18,20,23H,4,6-17H2,1H3,(H,27,34)(H,32,33)(H2,28,29,35)/t20-,23+/m0/s1. The van der Waals surface area contributed by atoms with Crippen LogP contribution in [-0.4, -0.2) is 118 Å². The van der Waals surface area contributed by atoms with Crippen molar-refractivity contribution in [1.29, 1.82) is 0 Å². The zero-order valence-corrected chi connectivity index (χ0v) is 22.3. The molecule has 0 unspecified atom stereocenters. The highest BCUT2D eigenvalue weighted by atomic mass is 16.5. The van der Waals surface area contributed by atoms with E-state index in [4.69, 9.17) is 24.1 Å². The second kappa shape index (κ2) is 18.8. The number of pyridine rings is 1. The fraction of sp³-hybridized carbons (Fsp3) is 0.640. The van der Waals surface area contributed by atoms with Gasteiger partial charge in [0.1, 0.15) is 0 Å². The lowest BCUT2D eigenvalue weighted by atomic mass is 9.94. The topological polar surface area (TPSA) is 178 Å². The maximum absolute atomic E-state index is 12.7. The number of ether oxygens (including phenoxy) is 4. The molecular weight excluding hydrogens is 514 g/mol. The van der Waals surface area contributed by atoms with Crippen LogP contribution in [0.25, 0.3) is 0 Å².